The van der Waals surface area contributed by atoms with E-state index in [1.807, 2.05) is 0 Å². The first-order chi connectivity index (χ1) is 18.0. The normalized spacial score (nSPS) is 9.56. The molecule has 0 amide bonds. The zero-order chi connectivity index (χ0) is 26.4. The van der Waals surface area contributed by atoms with Gasteiger partial charge in [-0.25, -0.2) is 0 Å². The van der Waals surface area contributed by atoms with Crippen molar-refractivity contribution in [3.8, 4) is 22.3 Å². The van der Waals surface area contributed by atoms with Crippen molar-refractivity contribution >= 4 is 50.6 Å². The Balaban J connectivity index is 0.000000675. The molecule has 0 atom stereocenters. The molecule has 41 heavy (non-hydrogen) atoms. The molecule has 3 heteroatoms. The minimum absolute atomic E-state index is 0. The van der Waals surface area contributed by atoms with E-state index >= 15 is 0 Å². The zero-order valence-corrected chi connectivity index (χ0v) is 29.2. The van der Waals surface area contributed by atoms with Crippen LogP contribution in [-0.4, -0.2) is 4.21 Å². The van der Waals surface area contributed by atoms with Gasteiger partial charge in [0.25, 0.3) is 0 Å². The number of aryl methyl sites for hydroxylation is 2. The van der Waals surface area contributed by atoms with Gasteiger partial charge in [-0.3, -0.25) is 0 Å². The first kappa shape index (κ1) is 38.4. The molecule has 6 rings (SSSR count). The molecule has 0 fully saturated rings. The van der Waals surface area contributed by atoms with Crippen LogP contribution in [0.5, 0.6) is 0 Å². The van der Waals surface area contributed by atoms with Gasteiger partial charge in [-0.1, -0.05) is 112 Å². The fourth-order valence-electron chi connectivity index (χ4n) is 4.92. The summed E-state index contributed by atoms with van der Waals surface area (Å²) >= 11 is 1.30. The largest absolute Gasteiger partial charge is 0.358 e. The van der Waals surface area contributed by atoms with Gasteiger partial charge in [0, 0.05) is 0 Å². The van der Waals surface area contributed by atoms with Crippen molar-refractivity contribution in [2.75, 3.05) is 0 Å². The van der Waals surface area contributed by atoms with Crippen molar-refractivity contribution in [2.45, 2.75) is 33.6 Å². The van der Waals surface area contributed by atoms with E-state index in [4.69, 9.17) is 0 Å². The van der Waals surface area contributed by atoms with Crippen LogP contribution in [0.15, 0.2) is 115 Å². The summed E-state index contributed by atoms with van der Waals surface area (Å²) in [6.45, 7) is 8.83. The molecule has 6 aromatic rings. The van der Waals surface area contributed by atoms with Crippen molar-refractivity contribution in [1.82, 2.24) is 0 Å². The van der Waals surface area contributed by atoms with Gasteiger partial charge in [0.2, 0.25) is 0 Å². The number of hydrogen-bond donors (Lipinski definition) is 0. The van der Waals surface area contributed by atoms with Gasteiger partial charge in [-0.15, -0.1) is 93.4 Å². The van der Waals surface area contributed by atoms with Gasteiger partial charge in [0.05, 0.1) is 0 Å². The number of benzene rings is 4. The van der Waals surface area contributed by atoms with Crippen molar-refractivity contribution in [1.29, 1.82) is 0 Å². The molecule has 0 unspecified atom stereocenters. The Hall–Kier alpha value is -2.57. The van der Waals surface area contributed by atoms with Crippen LogP contribution in [0.1, 0.15) is 36.5 Å². The van der Waals surface area contributed by atoms with Crippen LogP contribution in [0.4, 0.5) is 0 Å². The summed E-state index contributed by atoms with van der Waals surface area (Å²) in [5, 5.41) is 5.46. The first-order valence-electron chi connectivity index (χ1n) is 12.8. The predicted octanol–water partition coefficient (Wildman–Crippen LogP) is 11.9. The third-order valence-corrected chi connectivity index (χ3v) is 6.86. The predicted molar refractivity (Wildman–Crippen MR) is 188 cm³/mol. The van der Waals surface area contributed by atoms with E-state index in [-0.39, 0.29) is 39.7 Å². The molecular weight excluding hydrogens is 619 g/mol. The maximum absolute atomic E-state index is 3.34. The molecule has 0 saturated heterocycles. The summed E-state index contributed by atoms with van der Waals surface area (Å²) in [5.74, 6) is 0.584. The van der Waals surface area contributed by atoms with Gasteiger partial charge in [-0.05, 0) is 17.0 Å². The van der Waals surface area contributed by atoms with Crippen LogP contribution in [-0.2, 0) is 24.2 Å². The summed E-state index contributed by atoms with van der Waals surface area (Å²) < 4.78 is 3.34. The van der Waals surface area contributed by atoms with Gasteiger partial charge in [0.1, 0.15) is 0 Å². The second-order valence-electron chi connectivity index (χ2n) is 9.77. The summed E-state index contributed by atoms with van der Waals surface area (Å²) in [7, 11) is 0. The van der Waals surface area contributed by atoms with Crippen LogP contribution in [0.2, 0.25) is 0 Å². The number of hydrogen-bond acceptors (Lipinski definition) is 0. The Morgan fingerprint density at radius 3 is 1.68 bits per heavy atom. The molecule has 0 aliphatic carbocycles. The topological polar surface area (TPSA) is 0 Å². The quantitative estimate of drug-likeness (QED) is 0.166. The third-order valence-electron chi connectivity index (χ3n) is 6.86. The third kappa shape index (κ3) is 8.96. The molecule has 0 nitrogen and oxygen atoms in total. The standard InChI is InChI=1S/C18H17.C17H15.2CH3.CH2.2ClH.Zr/c1-13(2)16-11-15-9-6-10-17(18(15)12-16)14-7-4-3-5-8-14;1-12-10-16-13(2)8-9-15(17(16)11-12)14-6-4-3-5-7-14;;;;;;/h3-13H,1-2H3;3-11H,1-2H3;2*1H3;1H2;2*1H;/q4*-1;;;;. The van der Waals surface area contributed by atoms with Crippen LogP contribution in [0.3, 0.4) is 0 Å². The molecule has 216 valence electrons. The second kappa shape index (κ2) is 18.1. The average Bonchev–Trinajstić information content (AvgIpc) is 3.56. The van der Waals surface area contributed by atoms with E-state index in [1.165, 1.54) is 84.7 Å². The zero-order valence-electron chi connectivity index (χ0n) is 25.1. The van der Waals surface area contributed by atoms with E-state index < -0.39 is 0 Å². The minimum Gasteiger partial charge on any atom is -0.358 e. The number of halogens is 2. The van der Waals surface area contributed by atoms with Crippen molar-refractivity contribution in [3.05, 3.63) is 147 Å². The van der Waals surface area contributed by atoms with Gasteiger partial charge < -0.3 is 14.9 Å². The summed E-state index contributed by atoms with van der Waals surface area (Å²) in [6, 6.07) is 41.4. The molecule has 0 aromatic heterocycles. The molecule has 0 saturated carbocycles. The van der Waals surface area contributed by atoms with Gasteiger partial charge >= 0.3 is 28.4 Å². The van der Waals surface area contributed by atoms with Crippen LogP contribution in [0, 0.1) is 28.7 Å². The Morgan fingerprint density at radius 1 is 0.610 bits per heavy atom. The van der Waals surface area contributed by atoms with E-state index in [1.54, 1.807) is 0 Å². The van der Waals surface area contributed by atoms with Gasteiger partial charge in [0.15, 0.2) is 0 Å². The molecule has 6 aromatic carbocycles. The van der Waals surface area contributed by atoms with Crippen molar-refractivity contribution < 1.29 is 24.2 Å². The Labute approximate surface area is 275 Å². The minimum atomic E-state index is 0. The SMILES string of the molecule is CC(C)c1cc2c(-c3ccccc3)cccc2[cH-]1.Cc1cc2c(-c3ccccc3)ccc(C)c2[cH-]1.Cl.Cl.[CH2]=[Zr].[CH3-].[CH3-]. The van der Waals surface area contributed by atoms with Gasteiger partial charge in [-0.2, -0.15) is 12.1 Å². The van der Waals surface area contributed by atoms with E-state index in [2.05, 4.69) is 147 Å². The summed E-state index contributed by atoms with van der Waals surface area (Å²) in [6.07, 6.45) is 0. The van der Waals surface area contributed by atoms with E-state index in [9.17, 15) is 0 Å². The molecule has 0 N–H and O–H groups in total. The Bertz CT molecular complexity index is 1590. The van der Waals surface area contributed by atoms with Crippen LogP contribution >= 0.6 is 24.8 Å². The fraction of sp³-hybridized carbons (Fsp3) is 0.132. The maximum Gasteiger partial charge on any atom is -0.358 e. The number of rotatable bonds is 3. The first-order valence-corrected chi connectivity index (χ1v) is 14.6. The molecule has 0 spiro atoms. The monoisotopic (exact) mass is 658 g/mol. The van der Waals surface area contributed by atoms with Crippen molar-refractivity contribution in [3.63, 3.8) is 0 Å². The Kier molecular flexibility index (Phi) is 16.9. The molecule has 0 aliphatic rings. The number of fused-ring (bicyclic) bond motifs is 2. The van der Waals surface area contributed by atoms with Crippen LogP contribution in [0.25, 0.3) is 43.8 Å². The summed E-state index contributed by atoms with van der Waals surface area (Å²) in [4.78, 5) is 0. The molecule has 0 aliphatic heterocycles. The average molecular weight is 661 g/mol. The van der Waals surface area contributed by atoms with Crippen LogP contribution < -0.4 is 0 Å². The van der Waals surface area contributed by atoms with Crippen molar-refractivity contribution in [2.24, 2.45) is 0 Å². The molecule has 0 heterocycles. The maximum atomic E-state index is 3.34. The molecular formula is C38H42Cl2Zr-4. The molecule has 0 radical (unpaired) electrons. The van der Waals surface area contributed by atoms with E-state index in [0.29, 0.717) is 5.92 Å². The fourth-order valence-corrected chi connectivity index (χ4v) is 4.92. The summed E-state index contributed by atoms with van der Waals surface area (Å²) in [5.41, 5.74) is 9.37. The second-order valence-corrected chi connectivity index (χ2v) is 9.77. The van der Waals surface area contributed by atoms with E-state index in [0.717, 1.165) is 0 Å². The smallest absolute Gasteiger partial charge is 0.358 e. The Morgan fingerprint density at radius 2 is 1.15 bits per heavy atom. The molecule has 0 bridgehead atoms.